The Bertz CT molecular complexity index is 808. The van der Waals surface area contributed by atoms with E-state index in [1.54, 1.807) is 0 Å². The van der Waals surface area contributed by atoms with Gasteiger partial charge in [0.2, 0.25) is 0 Å². The maximum atomic E-state index is 4.38. The van der Waals surface area contributed by atoms with Gasteiger partial charge >= 0.3 is 0 Å². The molecule has 0 atom stereocenters. The van der Waals surface area contributed by atoms with E-state index >= 15 is 0 Å². The number of para-hydroxylation sites is 1. The van der Waals surface area contributed by atoms with E-state index in [9.17, 15) is 0 Å². The molecule has 2 aromatic carbocycles. The third-order valence-electron chi connectivity index (χ3n) is 4.52. The summed E-state index contributed by atoms with van der Waals surface area (Å²) in [5, 5.41) is 8.61. The number of benzene rings is 2. The van der Waals surface area contributed by atoms with E-state index in [-0.39, 0.29) is 0 Å². The van der Waals surface area contributed by atoms with Gasteiger partial charge in [-0.1, -0.05) is 48.5 Å². The summed E-state index contributed by atoms with van der Waals surface area (Å²) in [6.07, 6.45) is 6.90. The summed E-state index contributed by atoms with van der Waals surface area (Å²) in [5.41, 5.74) is 4.67. The summed E-state index contributed by atoms with van der Waals surface area (Å²) >= 11 is 0. The zero-order chi connectivity index (χ0) is 15.5. The van der Waals surface area contributed by atoms with Crippen LogP contribution in [0.1, 0.15) is 29.7 Å². The molecule has 0 unspecified atom stereocenters. The maximum absolute atomic E-state index is 4.38. The lowest BCUT2D eigenvalue weighted by Crippen LogP contribution is -2.18. The molecule has 1 saturated heterocycles. The first kappa shape index (κ1) is 14.2. The van der Waals surface area contributed by atoms with E-state index in [2.05, 4.69) is 57.6 Å². The van der Waals surface area contributed by atoms with Crippen LogP contribution in [0.2, 0.25) is 0 Å². The van der Waals surface area contributed by atoms with Gasteiger partial charge in [0, 0.05) is 11.9 Å². The topological polar surface area (TPSA) is 31.9 Å². The van der Waals surface area contributed by atoms with Crippen molar-refractivity contribution in [3.05, 3.63) is 65.4 Å². The number of aromatic nitrogens is 2. The monoisotopic (exact) mass is 303 g/mol. The predicted octanol–water partition coefficient (Wildman–Crippen LogP) is 4.33. The predicted molar refractivity (Wildman–Crippen MR) is 96.0 cm³/mol. The zero-order valence-corrected chi connectivity index (χ0v) is 13.2. The Balaban J connectivity index is 1.47. The first-order valence-corrected chi connectivity index (χ1v) is 8.31. The van der Waals surface area contributed by atoms with Gasteiger partial charge in [0.15, 0.2) is 0 Å². The molecule has 1 aliphatic heterocycles. The first-order valence-electron chi connectivity index (χ1n) is 8.31. The van der Waals surface area contributed by atoms with Crippen LogP contribution in [0, 0.1) is 0 Å². The summed E-state index contributed by atoms with van der Waals surface area (Å²) in [4.78, 5) is 2.53. The molecule has 3 heteroatoms. The Kier molecular flexibility index (Phi) is 3.95. The van der Waals surface area contributed by atoms with Gasteiger partial charge in [0.25, 0.3) is 0 Å². The number of nitrogens with zero attached hydrogens (tertiary/aromatic N) is 2. The molecule has 116 valence electrons. The minimum absolute atomic E-state index is 0.988. The number of aromatic amines is 1. The van der Waals surface area contributed by atoms with E-state index in [0.717, 1.165) is 23.1 Å². The zero-order valence-electron chi connectivity index (χ0n) is 13.2. The lowest BCUT2D eigenvalue weighted by molar-refractivity contribution is 0.331. The van der Waals surface area contributed by atoms with E-state index < -0.39 is 0 Å². The molecule has 3 nitrogen and oxygen atoms in total. The van der Waals surface area contributed by atoms with Crippen LogP contribution in [0.4, 0.5) is 0 Å². The highest BCUT2D eigenvalue weighted by atomic mass is 15.1. The van der Waals surface area contributed by atoms with Crippen molar-refractivity contribution in [3.63, 3.8) is 0 Å². The van der Waals surface area contributed by atoms with Crippen LogP contribution in [0.15, 0.2) is 48.5 Å². The van der Waals surface area contributed by atoms with Crippen molar-refractivity contribution in [2.24, 2.45) is 0 Å². The lowest BCUT2D eigenvalue weighted by Gasteiger charge is -2.14. The van der Waals surface area contributed by atoms with E-state index in [4.69, 9.17) is 0 Å². The van der Waals surface area contributed by atoms with Crippen LogP contribution in [0.3, 0.4) is 0 Å². The Labute approximate surface area is 136 Å². The van der Waals surface area contributed by atoms with Crippen molar-refractivity contribution < 1.29 is 0 Å². The number of nitrogens with one attached hydrogen (secondary N) is 1. The third-order valence-corrected chi connectivity index (χ3v) is 4.52. The second kappa shape index (κ2) is 6.39. The summed E-state index contributed by atoms with van der Waals surface area (Å²) in [6, 6.07) is 17.1. The lowest BCUT2D eigenvalue weighted by atomic mass is 10.1. The fourth-order valence-electron chi connectivity index (χ4n) is 3.22. The Morgan fingerprint density at radius 2 is 1.74 bits per heavy atom. The number of hydrogen-bond donors (Lipinski definition) is 1. The van der Waals surface area contributed by atoms with Crippen molar-refractivity contribution in [1.82, 2.24) is 15.1 Å². The average Bonchev–Trinajstić information content (AvgIpc) is 3.24. The number of fused-ring (bicyclic) bond motifs is 1. The molecule has 23 heavy (non-hydrogen) atoms. The maximum Gasteiger partial charge on any atom is 0.0927 e. The summed E-state index contributed by atoms with van der Waals surface area (Å²) in [7, 11) is 0. The molecule has 2 heterocycles. The largest absolute Gasteiger partial charge is 0.299 e. The normalized spacial score (nSPS) is 15.8. The van der Waals surface area contributed by atoms with Gasteiger partial charge in [0.1, 0.15) is 0 Å². The molecule has 1 fully saturated rings. The van der Waals surface area contributed by atoms with Crippen molar-refractivity contribution in [2.75, 3.05) is 13.1 Å². The molecular weight excluding hydrogens is 282 g/mol. The van der Waals surface area contributed by atoms with Crippen molar-refractivity contribution >= 4 is 23.1 Å². The van der Waals surface area contributed by atoms with Gasteiger partial charge in [-0.25, -0.2) is 0 Å². The molecule has 0 radical (unpaired) electrons. The van der Waals surface area contributed by atoms with Crippen LogP contribution >= 0.6 is 0 Å². The van der Waals surface area contributed by atoms with Gasteiger partial charge in [-0.2, -0.15) is 5.10 Å². The van der Waals surface area contributed by atoms with Crippen LogP contribution < -0.4 is 0 Å². The summed E-state index contributed by atoms with van der Waals surface area (Å²) < 4.78 is 0. The quantitative estimate of drug-likeness (QED) is 0.778. The molecule has 0 saturated carbocycles. The van der Waals surface area contributed by atoms with Crippen LogP contribution in [-0.4, -0.2) is 28.2 Å². The Morgan fingerprint density at radius 1 is 0.957 bits per heavy atom. The Hall–Kier alpha value is -2.39. The number of hydrogen-bond acceptors (Lipinski definition) is 2. The molecule has 1 aromatic heterocycles. The molecule has 0 amide bonds. The van der Waals surface area contributed by atoms with E-state index in [1.807, 2.05) is 18.2 Å². The van der Waals surface area contributed by atoms with Crippen LogP contribution in [-0.2, 0) is 6.54 Å². The minimum atomic E-state index is 0.988. The smallest absolute Gasteiger partial charge is 0.0927 e. The van der Waals surface area contributed by atoms with Crippen molar-refractivity contribution in [2.45, 2.75) is 19.4 Å². The molecule has 0 spiro atoms. The molecule has 0 aliphatic carbocycles. The molecular formula is C20H21N3. The molecule has 4 rings (SSSR count). The average molecular weight is 303 g/mol. The highest BCUT2D eigenvalue weighted by Crippen LogP contribution is 2.18. The Morgan fingerprint density at radius 3 is 2.57 bits per heavy atom. The van der Waals surface area contributed by atoms with Crippen molar-refractivity contribution in [3.8, 4) is 0 Å². The first-order chi connectivity index (χ1) is 11.4. The second-order valence-corrected chi connectivity index (χ2v) is 6.21. The van der Waals surface area contributed by atoms with Crippen LogP contribution in [0.5, 0.6) is 0 Å². The highest BCUT2D eigenvalue weighted by Gasteiger charge is 2.11. The molecule has 1 aliphatic rings. The van der Waals surface area contributed by atoms with Gasteiger partial charge in [-0.05, 0) is 49.2 Å². The SMILES string of the molecule is C(=Cc1n[nH]c2ccccc12)c1ccc(CN2CCCC2)cc1. The van der Waals surface area contributed by atoms with E-state index in [1.165, 1.54) is 37.1 Å². The number of H-pyrrole nitrogens is 1. The van der Waals surface area contributed by atoms with E-state index in [0.29, 0.717) is 0 Å². The van der Waals surface area contributed by atoms with Gasteiger partial charge in [-0.3, -0.25) is 10.00 Å². The fourth-order valence-corrected chi connectivity index (χ4v) is 3.22. The highest BCUT2D eigenvalue weighted by molar-refractivity contribution is 5.89. The standard InChI is InChI=1S/C20H21N3/c1-2-6-19-18(5-1)20(22-21-19)12-11-16-7-9-17(10-8-16)15-23-13-3-4-14-23/h1-2,5-12H,3-4,13-15H2,(H,21,22). The second-order valence-electron chi connectivity index (χ2n) is 6.21. The van der Waals surface area contributed by atoms with Gasteiger partial charge in [0.05, 0.1) is 11.2 Å². The number of likely N-dealkylation sites (tertiary alicyclic amines) is 1. The van der Waals surface area contributed by atoms with Crippen LogP contribution in [0.25, 0.3) is 23.1 Å². The molecule has 1 N–H and O–H groups in total. The minimum Gasteiger partial charge on any atom is -0.299 e. The summed E-state index contributed by atoms with van der Waals surface area (Å²) in [6.45, 7) is 3.57. The molecule has 0 bridgehead atoms. The molecule has 3 aromatic rings. The summed E-state index contributed by atoms with van der Waals surface area (Å²) in [5.74, 6) is 0. The fraction of sp³-hybridized carbons (Fsp3) is 0.250. The van der Waals surface area contributed by atoms with Crippen molar-refractivity contribution in [1.29, 1.82) is 0 Å². The number of rotatable bonds is 4. The van der Waals surface area contributed by atoms with Gasteiger partial charge < -0.3 is 0 Å². The third kappa shape index (κ3) is 3.20. The van der Waals surface area contributed by atoms with Gasteiger partial charge in [-0.15, -0.1) is 0 Å².